The van der Waals surface area contributed by atoms with E-state index in [0.717, 1.165) is 33.6 Å². The average molecular weight is 461 g/mol. The van der Waals surface area contributed by atoms with Crippen LogP contribution in [0.3, 0.4) is 0 Å². The first-order valence-corrected chi connectivity index (χ1v) is 11.3. The minimum Gasteiger partial charge on any atom is -0.348 e. The molecule has 0 saturated carbocycles. The van der Waals surface area contributed by atoms with Gasteiger partial charge in [0.15, 0.2) is 0 Å². The van der Waals surface area contributed by atoms with Gasteiger partial charge in [-0.15, -0.1) is 0 Å². The van der Waals surface area contributed by atoms with Crippen LogP contribution >= 0.6 is 0 Å². The van der Waals surface area contributed by atoms with Gasteiger partial charge in [-0.3, -0.25) is 9.48 Å². The molecule has 0 aliphatic carbocycles. The van der Waals surface area contributed by atoms with Gasteiger partial charge in [0.1, 0.15) is 12.7 Å². The molecule has 0 aliphatic rings. The first kappa shape index (κ1) is 22.0. The summed E-state index contributed by atoms with van der Waals surface area (Å²) < 4.78 is 3.60. The van der Waals surface area contributed by atoms with Crippen LogP contribution in [0.15, 0.2) is 110 Å². The van der Waals surface area contributed by atoms with Gasteiger partial charge in [-0.05, 0) is 29.3 Å². The predicted octanol–water partition coefficient (Wildman–Crippen LogP) is 4.51. The lowest BCUT2D eigenvalue weighted by atomic mass is 10.1. The second kappa shape index (κ2) is 10.4. The molecule has 0 unspecified atom stereocenters. The summed E-state index contributed by atoms with van der Waals surface area (Å²) in [6.45, 7) is 1.09. The van der Waals surface area contributed by atoms with Crippen molar-refractivity contribution in [1.29, 1.82) is 0 Å². The van der Waals surface area contributed by atoms with Crippen LogP contribution in [0.5, 0.6) is 0 Å². The van der Waals surface area contributed by atoms with E-state index in [4.69, 9.17) is 5.10 Å². The van der Waals surface area contributed by atoms with Gasteiger partial charge in [0, 0.05) is 29.9 Å². The number of hydrogen-bond donors (Lipinski definition) is 1. The van der Waals surface area contributed by atoms with E-state index < -0.39 is 0 Å². The SMILES string of the molecule is O=C(/C=C/c1cn(Cc2ccccc2)nc1-c1ccccc1)NCc1ccc(-n2cncn2)cc1. The van der Waals surface area contributed by atoms with E-state index in [1.807, 2.05) is 89.8 Å². The van der Waals surface area contributed by atoms with E-state index in [0.29, 0.717) is 13.1 Å². The lowest BCUT2D eigenvalue weighted by molar-refractivity contribution is -0.116. The maximum atomic E-state index is 12.5. The molecule has 3 aromatic carbocycles. The number of hydrogen-bond acceptors (Lipinski definition) is 4. The third kappa shape index (κ3) is 5.59. The molecule has 0 spiro atoms. The van der Waals surface area contributed by atoms with Gasteiger partial charge in [0.05, 0.1) is 17.9 Å². The maximum Gasteiger partial charge on any atom is 0.244 e. The van der Waals surface area contributed by atoms with Crippen molar-refractivity contribution in [1.82, 2.24) is 29.9 Å². The first-order chi connectivity index (χ1) is 17.2. The van der Waals surface area contributed by atoms with Gasteiger partial charge in [-0.2, -0.15) is 10.2 Å². The fourth-order valence-electron chi connectivity index (χ4n) is 3.75. The molecule has 0 bridgehead atoms. The number of nitrogens with one attached hydrogen (secondary N) is 1. The molecule has 5 aromatic rings. The van der Waals surface area contributed by atoms with E-state index in [9.17, 15) is 4.79 Å². The average Bonchev–Trinajstić information content (AvgIpc) is 3.58. The summed E-state index contributed by atoms with van der Waals surface area (Å²) in [6, 6.07) is 28.0. The highest BCUT2D eigenvalue weighted by atomic mass is 16.1. The Hall–Kier alpha value is -4.78. The molecule has 0 saturated heterocycles. The Kier molecular flexibility index (Phi) is 6.57. The molecule has 0 atom stereocenters. The van der Waals surface area contributed by atoms with Gasteiger partial charge in [0.25, 0.3) is 0 Å². The molecule has 0 radical (unpaired) electrons. The van der Waals surface area contributed by atoms with Crippen LogP contribution in [-0.4, -0.2) is 30.5 Å². The maximum absolute atomic E-state index is 12.5. The van der Waals surface area contributed by atoms with Crippen LogP contribution in [0.2, 0.25) is 0 Å². The third-order valence-electron chi connectivity index (χ3n) is 5.53. The van der Waals surface area contributed by atoms with Crippen molar-refractivity contribution < 1.29 is 4.79 Å². The number of nitrogens with zero attached hydrogens (tertiary/aromatic N) is 5. The molecule has 1 N–H and O–H groups in total. The Labute approximate surface area is 203 Å². The fourth-order valence-corrected chi connectivity index (χ4v) is 3.75. The number of carbonyl (C=O) groups is 1. The Morgan fingerprint density at radius 2 is 1.63 bits per heavy atom. The number of rotatable bonds is 8. The van der Waals surface area contributed by atoms with Crippen molar-refractivity contribution in [3.8, 4) is 16.9 Å². The number of carbonyl (C=O) groups excluding carboxylic acids is 1. The summed E-state index contributed by atoms with van der Waals surface area (Å²) in [7, 11) is 0. The number of amides is 1. The molecule has 1 amide bonds. The molecule has 0 fully saturated rings. The Morgan fingerprint density at radius 1 is 0.886 bits per heavy atom. The van der Waals surface area contributed by atoms with Gasteiger partial charge in [0.2, 0.25) is 5.91 Å². The van der Waals surface area contributed by atoms with Crippen LogP contribution in [0.25, 0.3) is 23.0 Å². The standard InChI is InChI=1S/C28H24N6O/c35-27(30-17-22-11-14-26(15-12-22)34-21-29-20-31-34)16-13-25-19-33(18-23-7-3-1-4-8-23)32-28(25)24-9-5-2-6-10-24/h1-16,19-21H,17-18H2,(H,30,35)/b16-13+. The van der Waals surface area contributed by atoms with Gasteiger partial charge in [-0.25, -0.2) is 9.67 Å². The summed E-state index contributed by atoms with van der Waals surface area (Å²) in [6.07, 6.45) is 8.49. The van der Waals surface area contributed by atoms with Crippen molar-refractivity contribution in [2.24, 2.45) is 0 Å². The summed E-state index contributed by atoms with van der Waals surface area (Å²) >= 11 is 0. The lowest BCUT2D eigenvalue weighted by Gasteiger charge is -2.05. The minimum atomic E-state index is -0.167. The predicted molar refractivity (Wildman–Crippen MR) is 135 cm³/mol. The smallest absolute Gasteiger partial charge is 0.244 e. The molecule has 2 aromatic heterocycles. The summed E-state index contributed by atoms with van der Waals surface area (Å²) in [4.78, 5) is 16.5. The molecule has 7 nitrogen and oxygen atoms in total. The zero-order valence-corrected chi connectivity index (χ0v) is 19.0. The minimum absolute atomic E-state index is 0.167. The molecule has 0 aliphatic heterocycles. The Bertz CT molecular complexity index is 1410. The molecule has 5 rings (SSSR count). The van der Waals surface area contributed by atoms with Crippen LogP contribution in [0.1, 0.15) is 16.7 Å². The van der Waals surface area contributed by atoms with E-state index in [2.05, 4.69) is 27.5 Å². The largest absolute Gasteiger partial charge is 0.348 e. The zero-order chi connectivity index (χ0) is 23.9. The first-order valence-electron chi connectivity index (χ1n) is 11.3. The van der Waals surface area contributed by atoms with Gasteiger partial charge >= 0.3 is 0 Å². The summed E-state index contributed by atoms with van der Waals surface area (Å²) in [5.74, 6) is -0.167. The Morgan fingerprint density at radius 3 is 2.34 bits per heavy atom. The lowest BCUT2D eigenvalue weighted by Crippen LogP contribution is -2.20. The van der Waals surface area contributed by atoms with Crippen LogP contribution < -0.4 is 5.32 Å². The zero-order valence-electron chi connectivity index (χ0n) is 19.0. The van der Waals surface area contributed by atoms with Crippen molar-refractivity contribution in [3.05, 3.63) is 127 Å². The topological polar surface area (TPSA) is 77.6 Å². The van der Waals surface area contributed by atoms with Crippen LogP contribution in [0.4, 0.5) is 0 Å². The third-order valence-corrected chi connectivity index (χ3v) is 5.53. The van der Waals surface area contributed by atoms with Gasteiger partial charge < -0.3 is 5.32 Å². The van der Waals surface area contributed by atoms with Crippen LogP contribution in [0, 0.1) is 0 Å². The second-order valence-electron chi connectivity index (χ2n) is 8.04. The molecular weight excluding hydrogens is 436 g/mol. The van der Waals surface area contributed by atoms with E-state index in [-0.39, 0.29) is 5.91 Å². The molecule has 2 heterocycles. The second-order valence-corrected chi connectivity index (χ2v) is 8.04. The Balaban J connectivity index is 1.27. The summed E-state index contributed by atoms with van der Waals surface area (Å²) in [5.41, 5.74) is 5.81. The van der Waals surface area contributed by atoms with E-state index >= 15 is 0 Å². The highest BCUT2D eigenvalue weighted by Gasteiger charge is 2.10. The molecule has 7 heteroatoms. The van der Waals surface area contributed by atoms with Crippen molar-refractivity contribution >= 4 is 12.0 Å². The molecule has 35 heavy (non-hydrogen) atoms. The van der Waals surface area contributed by atoms with Crippen molar-refractivity contribution in [2.45, 2.75) is 13.1 Å². The number of benzene rings is 3. The van der Waals surface area contributed by atoms with Crippen molar-refractivity contribution in [3.63, 3.8) is 0 Å². The quantitative estimate of drug-likeness (QED) is 0.346. The van der Waals surface area contributed by atoms with E-state index in [1.54, 1.807) is 17.1 Å². The number of aromatic nitrogens is 5. The normalized spacial score (nSPS) is 11.1. The van der Waals surface area contributed by atoms with Crippen LogP contribution in [-0.2, 0) is 17.9 Å². The molecular formula is C28H24N6O. The molecule has 172 valence electrons. The monoisotopic (exact) mass is 460 g/mol. The highest BCUT2D eigenvalue weighted by Crippen LogP contribution is 2.23. The highest BCUT2D eigenvalue weighted by molar-refractivity contribution is 5.92. The fraction of sp³-hybridized carbons (Fsp3) is 0.0714. The van der Waals surface area contributed by atoms with E-state index in [1.165, 1.54) is 6.33 Å². The summed E-state index contributed by atoms with van der Waals surface area (Å²) in [5, 5.41) is 11.9. The van der Waals surface area contributed by atoms with Crippen molar-refractivity contribution in [2.75, 3.05) is 0 Å². The van der Waals surface area contributed by atoms with Gasteiger partial charge in [-0.1, -0.05) is 72.8 Å².